The molecule has 0 saturated heterocycles. The van der Waals surface area contributed by atoms with Gasteiger partial charge in [0.2, 0.25) is 10.0 Å². The highest BCUT2D eigenvalue weighted by Crippen LogP contribution is 2.13. The van der Waals surface area contributed by atoms with E-state index in [-0.39, 0.29) is 12.3 Å². The number of aliphatic hydroxyl groups is 1. The maximum Gasteiger partial charge on any atom is 0.215 e. The maximum absolute atomic E-state index is 11.8. The lowest BCUT2D eigenvalue weighted by Crippen LogP contribution is -2.29. The van der Waals surface area contributed by atoms with E-state index >= 15 is 0 Å². The Hall–Kier alpha value is -1.41. The van der Waals surface area contributed by atoms with Crippen LogP contribution in [0.25, 0.3) is 0 Å². The summed E-state index contributed by atoms with van der Waals surface area (Å²) in [5.74, 6) is 0.0723. The van der Waals surface area contributed by atoms with E-state index in [4.69, 9.17) is 16.0 Å². The molecule has 0 bridgehead atoms. The summed E-state index contributed by atoms with van der Waals surface area (Å²) < 4.78 is 31.0. The topological polar surface area (TPSA) is 92.4 Å². The molecule has 108 valence electrons. The van der Waals surface area contributed by atoms with E-state index in [1.807, 2.05) is 0 Å². The van der Waals surface area contributed by atoms with Crippen molar-refractivity contribution in [3.63, 3.8) is 0 Å². The average Bonchev–Trinajstić information content (AvgIpc) is 2.93. The summed E-state index contributed by atoms with van der Waals surface area (Å²) in [6, 6.07) is 6.29. The summed E-state index contributed by atoms with van der Waals surface area (Å²) >= 11 is 5.62. The first-order valence-corrected chi connectivity index (χ1v) is 7.78. The molecule has 1 unspecified atom stereocenters. The van der Waals surface area contributed by atoms with E-state index in [2.05, 4.69) is 9.71 Å². The van der Waals surface area contributed by atoms with Crippen molar-refractivity contribution in [3.8, 4) is 0 Å². The summed E-state index contributed by atoms with van der Waals surface area (Å²) in [5.41, 5.74) is 0.509. The second-order valence-electron chi connectivity index (χ2n) is 4.13. The van der Waals surface area contributed by atoms with Gasteiger partial charge < -0.3 is 9.52 Å². The van der Waals surface area contributed by atoms with E-state index < -0.39 is 16.1 Å². The monoisotopic (exact) mass is 316 g/mol. The molecule has 0 spiro atoms. The van der Waals surface area contributed by atoms with Gasteiger partial charge in [-0.1, -0.05) is 17.7 Å². The molecule has 1 atom stereocenters. The fraction of sp³-hybridized carbons (Fsp3) is 0.250. The lowest BCUT2D eigenvalue weighted by molar-refractivity contribution is 0.154. The Morgan fingerprint density at radius 1 is 1.40 bits per heavy atom. The minimum absolute atomic E-state index is 0.156. The van der Waals surface area contributed by atoms with Crippen LogP contribution < -0.4 is 4.72 Å². The Kier molecular flexibility index (Phi) is 4.77. The molecular weight excluding hydrogens is 304 g/mol. The van der Waals surface area contributed by atoms with Crippen molar-refractivity contribution >= 4 is 21.6 Å². The molecule has 2 N–H and O–H groups in total. The SMILES string of the molecule is O=S(=O)(Cc1ccc(Cl)nc1)NCC(O)c1ccco1. The summed E-state index contributed by atoms with van der Waals surface area (Å²) in [6.45, 7) is -0.156. The van der Waals surface area contributed by atoms with Gasteiger partial charge in [0.25, 0.3) is 0 Å². The van der Waals surface area contributed by atoms with Crippen LogP contribution in [0.1, 0.15) is 17.4 Å². The number of halogens is 1. The summed E-state index contributed by atoms with van der Waals surface area (Å²) in [5, 5.41) is 10.0. The molecule has 0 amide bonds. The smallest absolute Gasteiger partial charge is 0.215 e. The number of hydrogen-bond donors (Lipinski definition) is 2. The summed E-state index contributed by atoms with van der Waals surface area (Å²) in [6.07, 6.45) is 1.78. The average molecular weight is 317 g/mol. The van der Waals surface area contributed by atoms with Crippen molar-refractivity contribution in [2.24, 2.45) is 0 Å². The number of sulfonamides is 1. The first kappa shape index (κ1) is 15.0. The number of nitrogens with zero attached hydrogens (tertiary/aromatic N) is 1. The first-order chi connectivity index (χ1) is 9.46. The third-order valence-corrected chi connectivity index (χ3v) is 4.06. The molecule has 2 aromatic heterocycles. The largest absolute Gasteiger partial charge is 0.467 e. The molecule has 2 aromatic rings. The van der Waals surface area contributed by atoms with Crippen molar-refractivity contribution in [2.75, 3.05) is 6.54 Å². The number of aliphatic hydroxyl groups excluding tert-OH is 1. The fourth-order valence-electron chi connectivity index (χ4n) is 1.55. The van der Waals surface area contributed by atoms with Gasteiger partial charge in [-0.3, -0.25) is 0 Å². The number of hydrogen-bond acceptors (Lipinski definition) is 5. The van der Waals surface area contributed by atoms with Gasteiger partial charge in [0.1, 0.15) is 17.0 Å². The highest BCUT2D eigenvalue weighted by Gasteiger charge is 2.16. The van der Waals surface area contributed by atoms with Crippen molar-refractivity contribution in [3.05, 3.63) is 53.2 Å². The molecule has 0 saturated carbocycles. The van der Waals surface area contributed by atoms with Gasteiger partial charge in [-0.25, -0.2) is 18.1 Å². The zero-order valence-corrected chi connectivity index (χ0v) is 11.9. The second kappa shape index (κ2) is 6.36. The highest BCUT2D eigenvalue weighted by atomic mass is 35.5. The molecule has 2 heterocycles. The van der Waals surface area contributed by atoms with Crippen LogP contribution >= 0.6 is 11.6 Å². The fourth-order valence-corrected chi connectivity index (χ4v) is 2.78. The number of rotatable bonds is 6. The van der Waals surface area contributed by atoms with Gasteiger partial charge >= 0.3 is 0 Å². The van der Waals surface area contributed by atoms with Crippen molar-refractivity contribution in [1.29, 1.82) is 0 Å². The molecule has 0 radical (unpaired) electrons. The van der Waals surface area contributed by atoms with Crippen LogP contribution in [-0.2, 0) is 15.8 Å². The summed E-state index contributed by atoms with van der Waals surface area (Å²) in [7, 11) is -3.57. The van der Waals surface area contributed by atoms with Crippen molar-refractivity contribution in [2.45, 2.75) is 11.9 Å². The van der Waals surface area contributed by atoms with Crippen LogP contribution in [0.4, 0.5) is 0 Å². The Balaban J connectivity index is 1.92. The normalized spacial score (nSPS) is 13.3. The third-order valence-electron chi connectivity index (χ3n) is 2.51. The third kappa shape index (κ3) is 4.31. The Bertz CT molecular complexity index is 641. The zero-order valence-electron chi connectivity index (χ0n) is 10.4. The maximum atomic E-state index is 11.8. The number of furan rings is 1. The van der Waals surface area contributed by atoms with Gasteiger partial charge in [-0.15, -0.1) is 0 Å². The van der Waals surface area contributed by atoms with Gasteiger partial charge in [-0.05, 0) is 23.8 Å². The predicted octanol–water partition coefficient (Wildman–Crippen LogP) is 1.48. The second-order valence-corrected chi connectivity index (χ2v) is 6.32. The Morgan fingerprint density at radius 2 is 2.20 bits per heavy atom. The molecule has 0 aromatic carbocycles. The van der Waals surface area contributed by atoms with E-state index in [1.165, 1.54) is 18.5 Å². The quantitative estimate of drug-likeness (QED) is 0.787. The molecule has 0 aliphatic rings. The van der Waals surface area contributed by atoms with Gasteiger partial charge in [-0.2, -0.15) is 0 Å². The molecule has 0 fully saturated rings. The van der Waals surface area contributed by atoms with Crippen LogP contribution in [0.3, 0.4) is 0 Å². The number of pyridine rings is 1. The van der Waals surface area contributed by atoms with Gasteiger partial charge in [0, 0.05) is 12.7 Å². The van der Waals surface area contributed by atoms with E-state index in [0.717, 1.165) is 0 Å². The highest BCUT2D eigenvalue weighted by molar-refractivity contribution is 7.88. The van der Waals surface area contributed by atoms with Gasteiger partial charge in [0.15, 0.2) is 0 Å². The lowest BCUT2D eigenvalue weighted by Gasteiger charge is -2.10. The van der Waals surface area contributed by atoms with Gasteiger partial charge in [0.05, 0.1) is 12.0 Å². The van der Waals surface area contributed by atoms with Crippen LogP contribution in [0.5, 0.6) is 0 Å². The van der Waals surface area contributed by atoms with Crippen LogP contribution in [0.2, 0.25) is 5.15 Å². The first-order valence-electron chi connectivity index (χ1n) is 5.75. The number of aromatic nitrogens is 1. The molecular formula is C12H13ClN2O4S. The predicted molar refractivity (Wildman–Crippen MR) is 73.5 cm³/mol. The summed E-state index contributed by atoms with van der Waals surface area (Å²) in [4.78, 5) is 3.81. The molecule has 6 nitrogen and oxygen atoms in total. The number of nitrogens with one attached hydrogen (secondary N) is 1. The van der Waals surface area contributed by atoms with Crippen molar-refractivity contribution < 1.29 is 17.9 Å². The Labute approximate surface area is 121 Å². The van der Waals surface area contributed by atoms with Crippen LogP contribution in [0, 0.1) is 0 Å². The lowest BCUT2D eigenvalue weighted by atomic mass is 10.3. The van der Waals surface area contributed by atoms with E-state index in [1.54, 1.807) is 18.2 Å². The molecule has 8 heteroatoms. The molecule has 20 heavy (non-hydrogen) atoms. The van der Waals surface area contributed by atoms with Crippen molar-refractivity contribution in [1.82, 2.24) is 9.71 Å². The molecule has 0 aliphatic heterocycles. The van der Waals surface area contributed by atoms with Crippen LogP contribution in [0.15, 0.2) is 41.1 Å². The molecule has 0 aliphatic carbocycles. The zero-order chi connectivity index (χ0) is 14.6. The van der Waals surface area contributed by atoms with E-state index in [0.29, 0.717) is 16.5 Å². The molecule has 2 rings (SSSR count). The van der Waals surface area contributed by atoms with E-state index in [9.17, 15) is 13.5 Å². The minimum atomic E-state index is -3.57. The Morgan fingerprint density at radius 3 is 2.80 bits per heavy atom. The minimum Gasteiger partial charge on any atom is -0.467 e. The standard InChI is InChI=1S/C12H13ClN2O4S/c13-12-4-3-9(6-14-12)8-20(17,18)15-7-10(16)11-2-1-5-19-11/h1-6,10,15-16H,7-8H2. The van der Waals surface area contributed by atoms with Crippen LogP contribution in [-0.4, -0.2) is 25.1 Å².